The van der Waals surface area contributed by atoms with Crippen molar-refractivity contribution in [1.82, 2.24) is 5.32 Å². The molecule has 0 heterocycles. The first-order chi connectivity index (χ1) is 9.52. The summed E-state index contributed by atoms with van der Waals surface area (Å²) in [6.07, 6.45) is 4.01. The van der Waals surface area contributed by atoms with E-state index < -0.39 is 0 Å². The summed E-state index contributed by atoms with van der Waals surface area (Å²) in [6, 6.07) is 6.76. The van der Waals surface area contributed by atoms with Crippen molar-refractivity contribution < 1.29 is 0 Å². The predicted octanol–water partition coefficient (Wildman–Crippen LogP) is 5.37. The minimum Gasteiger partial charge on any atom is -0.310 e. The van der Waals surface area contributed by atoms with E-state index in [0.29, 0.717) is 6.04 Å². The predicted molar refractivity (Wildman–Crippen MR) is 88.3 cm³/mol. The van der Waals surface area contributed by atoms with Crippen LogP contribution in [0.4, 0.5) is 0 Å². The maximum Gasteiger partial charge on any atom is 0.0409 e. The fraction of sp³-hybridized carbons (Fsp3) is 0.667. The monoisotopic (exact) mass is 293 g/mol. The van der Waals surface area contributed by atoms with Gasteiger partial charge in [0.05, 0.1) is 0 Å². The molecule has 4 unspecified atom stereocenters. The summed E-state index contributed by atoms with van der Waals surface area (Å²) in [6.45, 7) is 10.2. The Labute approximate surface area is 129 Å². The van der Waals surface area contributed by atoms with E-state index in [4.69, 9.17) is 11.6 Å². The van der Waals surface area contributed by atoms with Crippen molar-refractivity contribution in [3.63, 3.8) is 0 Å². The highest BCUT2D eigenvalue weighted by molar-refractivity contribution is 6.30. The number of hydrogen-bond donors (Lipinski definition) is 1. The molecule has 0 saturated heterocycles. The molecule has 2 rings (SSSR count). The van der Waals surface area contributed by atoms with Gasteiger partial charge in [-0.3, -0.25) is 0 Å². The van der Waals surface area contributed by atoms with Gasteiger partial charge in [0.2, 0.25) is 0 Å². The molecule has 1 aromatic carbocycles. The normalized spacial score (nSPS) is 28.4. The summed E-state index contributed by atoms with van der Waals surface area (Å²) >= 11 is 6.22. The zero-order chi connectivity index (χ0) is 14.7. The first kappa shape index (κ1) is 15.9. The van der Waals surface area contributed by atoms with Crippen LogP contribution in [0.2, 0.25) is 5.02 Å². The zero-order valence-corrected chi connectivity index (χ0v) is 14.0. The second-order valence-electron chi connectivity index (χ2n) is 6.56. The van der Waals surface area contributed by atoms with E-state index in [-0.39, 0.29) is 0 Å². The van der Waals surface area contributed by atoms with E-state index in [2.05, 4.69) is 45.1 Å². The molecule has 1 N–H and O–H groups in total. The van der Waals surface area contributed by atoms with Crippen molar-refractivity contribution in [3.8, 4) is 0 Å². The van der Waals surface area contributed by atoms with Crippen molar-refractivity contribution in [2.45, 2.75) is 53.0 Å². The van der Waals surface area contributed by atoms with E-state index in [1.54, 1.807) is 0 Å². The first-order valence-corrected chi connectivity index (χ1v) is 8.40. The maximum absolute atomic E-state index is 6.22. The highest BCUT2D eigenvalue weighted by Crippen LogP contribution is 2.40. The molecule has 1 aliphatic carbocycles. The molecular weight excluding hydrogens is 266 g/mol. The summed E-state index contributed by atoms with van der Waals surface area (Å²) in [5.74, 6) is 2.43. The quantitative estimate of drug-likeness (QED) is 0.787. The number of hydrogen-bond acceptors (Lipinski definition) is 1. The van der Waals surface area contributed by atoms with E-state index in [0.717, 1.165) is 29.3 Å². The molecule has 0 aromatic heterocycles. The first-order valence-electron chi connectivity index (χ1n) is 8.02. The molecule has 1 aromatic rings. The molecule has 112 valence electrons. The molecule has 0 aliphatic heterocycles. The van der Waals surface area contributed by atoms with Crippen LogP contribution in [0, 0.1) is 24.7 Å². The fourth-order valence-corrected chi connectivity index (χ4v) is 3.77. The van der Waals surface area contributed by atoms with Gasteiger partial charge < -0.3 is 5.32 Å². The Balaban J connectivity index is 2.24. The van der Waals surface area contributed by atoms with Crippen LogP contribution in [0.3, 0.4) is 0 Å². The topological polar surface area (TPSA) is 12.0 Å². The lowest BCUT2D eigenvalue weighted by molar-refractivity contribution is 0.171. The van der Waals surface area contributed by atoms with Crippen molar-refractivity contribution in [2.24, 2.45) is 17.8 Å². The summed E-state index contributed by atoms with van der Waals surface area (Å²) in [7, 11) is 0. The van der Waals surface area contributed by atoms with Crippen LogP contribution in [-0.2, 0) is 0 Å². The Morgan fingerprint density at radius 2 is 2.00 bits per heavy atom. The average Bonchev–Trinajstić information content (AvgIpc) is 2.42. The molecule has 0 amide bonds. The average molecular weight is 294 g/mol. The van der Waals surface area contributed by atoms with Gasteiger partial charge in [-0.2, -0.15) is 0 Å². The third-order valence-electron chi connectivity index (χ3n) is 5.11. The Bertz CT molecular complexity index is 443. The number of rotatable bonds is 4. The lowest BCUT2D eigenvalue weighted by atomic mass is 9.71. The van der Waals surface area contributed by atoms with Crippen molar-refractivity contribution in [2.75, 3.05) is 6.54 Å². The van der Waals surface area contributed by atoms with Gasteiger partial charge in [-0.1, -0.05) is 44.9 Å². The lowest BCUT2D eigenvalue weighted by Crippen LogP contribution is -2.33. The van der Waals surface area contributed by atoms with Crippen LogP contribution in [-0.4, -0.2) is 6.54 Å². The summed E-state index contributed by atoms with van der Waals surface area (Å²) in [4.78, 5) is 0. The highest BCUT2D eigenvalue weighted by atomic mass is 35.5. The molecule has 1 nitrogen and oxygen atoms in total. The number of aryl methyl sites for hydroxylation is 1. The SMILES string of the molecule is CCNC(c1cc(Cl)ccc1C)C1CCC(C)C(C)C1. The summed E-state index contributed by atoms with van der Waals surface area (Å²) in [5.41, 5.74) is 2.75. The molecule has 0 bridgehead atoms. The fourth-order valence-electron chi connectivity index (χ4n) is 3.59. The Hall–Kier alpha value is -0.530. The van der Waals surface area contributed by atoms with Gasteiger partial charge in [0, 0.05) is 11.1 Å². The molecule has 1 aliphatic rings. The van der Waals surface area contributed by atoms with Crippen LogP contribution in [0.5, 0.6) is 0 Å². The molecule has 1 saturated carbocycles. The largest absolute Gasteiger partial charge is 0.310 e. The van der Waals surface area contributed by atoms with Gasteiger partial charge in [0.1, 0.15) is 0 Å². The van der Waals surface area contributed by atoms with Gasteiger partial charge in [0.25, 0.3) is 0 Å². The van der Waals surface area contributed by atoms with E-state index in [1.807, 2.05) is 6.07 Å². The van der Waals surface area contributed by atoms with Crippen LogP contribution in [0.1, 0.15) is 57.2 Å². The van der Waals surface area contributed by atoms with Crippen molar-refractivity contribution in [1.29, 1.82) is 0 Å². The highest BCUT2D eigenvalue weighted by Gasteiger charge is 2.31. The minimum absolute atomic E-state index is 0.452. The van der Waals surface area contributed by atoms with Crippen LogP contribution in [0.15, 0.2) is 18.2 Å². The van der Waals surface area contributed by atoms with Gasteiger partial charge in [-0.25, -0.2) is 0 Å². The Kier molecular flexibility index (Phi) is 5.51. The molecular formula is C18H28ClN. The molecule has 2 heteroatoms. The van der Waals surface area contributed by atoms with Crippen LogP contribution < -0.4 is 5.32 Å². The second-order valence-corrected chi connectivity index (χ2v) is 7.00. The van der Waals surface area contributed by atoms with Crippen molar-refractivity contribution in [3.05, 3.63) is 34.3 Å². The molecule has 1 fully saturated rings. The van der Waals surface area contributed by atoms with Crippen LogP contribution >= 0.6 is 11.6 Å². The maximum atomic E-state index is 6.22. The van der Waals surface area contributed by atoms with Crippen LogP contribution in [0.25, 0.3) is 0 Å². The standard InChI is InChI=1S/C18H28ClN/c1-5-20-18(15-8-6-12(2)14(4)10-15)17-11-16(19)9-7-13(17)3/h7,9,11-12,14-15,18,20H,5-6,8,10H2,1-4H3. The molecule has 0 radical (unpaired) electrons. The summed E-state index contributed by atoms with van der Waals surface area (Å²) in [5, 5.41) is 4.57. The minimum atomic E-state index is 0.452. The number of halogens is 1. The Morgan fingerprint density at radius 1 is 1.25 bits per heavy atom. The smallest absolute Gasteiger partial charge is 0.0409 e. The van der Waals surface area contributed by atoms with Gasteiger partial charge in [-0.15, -0.1) is 0 Å². The van der Waals surface area contributed by atoms with Crippen molar-refractivity contribution >= 4 is 11.6 Å². The second kappa shape index (κ2) is 6.95. The summed E-state index contributed by atoms with van der Waals surface area (Å²) < 4.78 is 0. The van der Waals surface area contributed by atoms with E-state index in [1.165, 1.54) is 30.4 Å². The van der Waals surface area contributed by atoms with E-state index in [9.17, 15) is 0 Å². The van der Waals surface area contributed by atoms with Gasteiger partial charge in [0.15, 0.2) is 0 Å². The number of benzene rings is 1. The van der Waals surface area contributed by atoms with Gasteiger partial charge in [-0.05, 0) is 67.3 Å². The number of nitrogens with one attached hydrogen (secondary N) is 1. The third kappa shape index (κ3) is 3.56. The lowest BCUT2D eigenvalue weighted by Gasteiger charge is -2.38. The van der Waals surface area contributed by atoms with E-state index >= 15 is 0 Å². The molecule has 20 heavy (non-hydrogen) atoms. The molecule has 4 atom stereocenters. The zero-order valence-electron chi connectivity index (χ0n) is 13.2. The Morgan fingerprint density at radius 3 is 2.65 bits per heavy atom. The third-order valence-corrected chi connectivity index (χ3v) is 5.35. The van der Waals surface area contributed by atoms with Gasteiger partial charge >= 0.3 is 0 Å². The molecule has 0 spiro atoms.